The number of carbonyl (C=O) groups is 1. The molecule has 2 aromatic rings. The van der Waals surface area contributed by atoms with Gasteiger partial charge in [-0.15, -0.1) is 0 Å². The van der Waals surface area contributed by atoms with Gasteiger partial charge in [0.15, 0.2) is 0 Å². The third-order valence-electron chi connectivity index (χ3n) is 4.09. The zero-order valence-electron chi connectivity index (χ0n) is 13.8. The van der Waals surface area contributed by atoms with E-state index in [1.54, 1.807) is 12.1 Å². The van der Waals surface area contributed by atoms with Gasteiger partial charge in [0.1, 0.15) is 12.4 Å². The smallest absolute Gasteiger partial charge is 0.352 e. The van der Waals surface area contributed by atoms with Gasteiger partial charge in [-0.25, -0.2) is 4.79 Å². The molecule has 0 saturated carbocycles. The second-order valence-corrected chi connectivity index (χ2v) is 5.39. The zero-order valence-corrected chi connectivity index (χ0v) is 13.8. The lowest BCUT2D eigenvalue weighted by Gasteiger charge is -2.16. The van der Waals surface area contributed by atoms with Gasteiger partial charge in [0.05, 0.1) is 32.1 Å². The molecular formula is C17H20N2O7. The molecule has 2 rings (SSSR count). The number of carboxylic acid groups (broad SMARTS) is 1. The molecule has 0 amide bonds. The molecule has 0 radical (unpaired) electrons. The molecule has 1 heterocycles. The first-order valence-electron chi connectivity index (χ1n) is 7.70. The van der Waals surface area contributed by atoms with Gasteiger partial charge in [-0.2, -0.15) is 0 Å². The molecule has 0 unspecified atom stereocenters. The van der Waals surface area contributed by atoms with E-state index in [0.29, 0.717) is 22.3 Å². The number of aromatic nitrogens is 1. The Bertz CT molecular complexity index is 827. The second-order valence-electron chi connectivity index (χ2n) is 5.39. The van der Waals surface area contributed by atoms with Gasteiger partial charge in [-0.05, 0) is 22.3 Å². The quantitative estimate of drug-likeness (QED) is 0.316. The summed E-state index contributed by atoms with van der Waals surface area (Å²) in [6.45, 7) is -2.38. The van der Waals surface area contributed by atoms with Crippen molar-refractivity contribution in [3.05, 3.63) is 45.8 Å². The summed E-state index contributed by atoms with van der Waals surface area (Å²) in [5.41, 5.74) is 1.74. The van der Waals surface area contributed by atoms with Crippen molar-refractivity contribution in [3.8, 4) is 11.1 Å². The van der Waals surface area contributed by atoms with Crippen LogP contribution in [0.25, 0.3) is 11.1 Å². The first-order chi connectivity index (χ1) is 12.5. The van der Waals surface area contributed by atoms with E-state index in [0.717, 1.165) is 0 Å². The largest absolute Gasteiger partial charge is 0.477 e. The summed E-state index contributed by atoms with van der Waals surface area (Å²) in [5, 5.41) is 56.8. The topological polar surface area (TPSA) is 167 Å². The lowest BCUT2D eigenvalue weighted by Crippen LogP contribution is -2.05. The van der Waals surface area contributed by atoms with Crippen LogP contribution in [0.4, 0.5) is 0 Å². The number of nitrogens with one attached hydrogen (secondary N) is 1. The Morgan fingerprint density at radius 1 is 0.962 bits per heavy atom. The number of hydrogen-bond acceptors (Lipinski definition) is 7. The number of aliphatic hydroxyl groups is 5. The lowest BCUT2D eigenvalue weighted by molar-refractivity contribution is 0.0687. The molecule has 0 saturated heterocycles. The second kappa shape index (κ2) is 8.70. The molecule has 26 heavy (non-hydrogen) atoms. The van der Waals surface area contributed by atoms with E-state index in [1.165, 1.54) is 6.21 Å². The summed E-state index contributed by atoms with van der Waals surface area (Å²) < 4.78 is 0. The van der Waals surface area contributed by atoms with Crippen LogP contribution >= 0.6 is 0 Å². The zero-order chi connectivity index (χ0) is 19.3. The summed E-state index contributed by atoms with van der Waals surface area (Å²) in [7, 11) is 0. The molecule has 9 nitrogen and oxygen atoms in total. The van der Waals surface area contributed by atoms with Crippen LogP contribution in [0.15, 0.2) is 17.1 Å². The maximum atomic E-state index is 11.5. The predicted octanol–water partition coefficient (Wildman–Crippen LogP) is -0.282. The highest BCUT2D eigenvalue weighted by Crippen LogP contribution is 2.35. The van der Waals surface area contributed by atoms with Crippen molar-refractivity contribution in [2.45, 2.75) is 26.4 Å². The highest BCUT2D eigenvalue weighted by molar-refractivity contribution is 5.98. The Labute approximate surface area is 148 Å². The molecule has 0 aliphatic heterocycles. The minimum Gasteiger partial charge on any atom is -0.477 e. The average Bonchev–Trinajstić information content (AvgIpc) is 3.03. The number of aliphatic hydroxyl groups excluding tert-OH is 5. The van der Waals surface area contributed by atoms with Crippen molar-refractivity contribution in [1.29, 1.82) is 0 Å². The molecule has 0 spiro atoms. The van der Waals surface area contributed by atoms with E-state index in [2.05, 4.69) is 9.98 Å². The van der Waals surface area contributed by atoms with Gasteiger partial charge >= 0.3 is 5.97 Å². The van der Waals surface area contributed by atoms with Gasteiger partial charge in [0.25, 0.3) is 0 Å². The molecule has 1 aromatic heterocycles. The van der Waals surface area contributed by atoms with E-state index in [9.17, 15) is 30.3 Å². The monoisotopic (exact) mass is 364 g/mol. The molecule has 1 aromatic carbocycles. The number of rotatable bonds is 8. The van der Waals surface area contributed by atoms with E-state index in [1.807, 2.05) is 0 Å². The number of hydrogen-bond donors (Lipinski definition) is 7. The fourth-order valence-corrected chi connectivity index (χ4v) is 2.94. The first-order valence-corrected chi connectivity index (χ1v) is 7.70. The van der Waals surface area contributed by atoms with Crippen molar-refractivity contribution in [2.24, 2.45) is 4.99 Å². The number of aromatic amines is 1. The van der Waals surface area contributed by atoms with E-state index in [4.69, 9.17) is 5.11 Å². The average molecular weight is 364 g/mol. The maximum absolute atomic E-state index is 11.5. The normalized spacial score (nSPS) is 11.4. The number of nitrogens with zero attached hydrogens (tertiary/aromatic N) is 1. The summed E-state index contributed by atoms with van der Waals surface area (Å²) in [5.74, 6) is -1.29. The molecular weight excluding hydrogens is 344 g/mol. The number of carboxylic acids is 1. The summed E-state index contributed by atoms with van der Waals surface area (Å²) in [6.07, 6.45) is 1.22. The van der Waals surface area contributed by atoms with Crippen molar-refractivity contribution in [1.82, 2.24) is 4.98 Å². The van der Waals surface area contributed by atoms with Gasteiger partial charge in [-0.3, -0.25) is 4.99 Å². The van der Waals surface area contributed by atoms with Crippen LogP contribution in [-0.4, -0.2) is 54.5 Å². The molecule has 0 aliphatic rings. The third kappa shape index (κ3) is 3.52. The van der Waals surface area contributed by atoms with Crippen molar-refractivity contribution < 1.29 is 35.4 Å². The Morgan fingerprint density at radius 2 is 1.62 bits per heavy atom. The molecule has 9 heteroatoms. The fourth-order valence-electron chi connectivity index (χ4n) is 2.94. The Hall–Kier alpha value is -2.56. The molecule has 0 fully saturated rings. The van der Waals surface area contributed by atoms with Crippen LogP contribution < -0.4 is 0 Å². The molecule has 0 aliphatic carbocycles. The Morgan fingerprint density at radius 3 is 2.12 bits per heavy atom. The number of aromatic carboxylic acids is 1. The number of aliphatic imine (C=N–C) groups is 1. The van der Waals surface area contributed by atoms with Crippen molar-refractivity contribution in [2.75, 3.05) is 6.73 Å². The van der Waals surface area contributed by atoms with Gasteiger partial charge in [0, 0.05) is 17.3 Å². The summed E-state index contributed by atoms with van der Waals surface area (Å²) in [6, 6.07) is 3.10. The van der Waals surface area contributed by atoms with Crippen molar-refractivity contribution >= 4 is 12.2 Å². The van der Waals surface area contributed by atoms with E-state index >= 15 is 0 Å². The number of H-pyrrole nitrogens is 1. The van der Waals surface area contributed by atoms with Crippen LogP contribution in [0.2, 0.25) is 0 Å². The lowest BCUT2D eigenvalue weighted by atomic mass is 9.90. The summed E-state index contributed by atoms with van der Waals surface area (Å²) >= 11 is 0. The third-order valence-corrected chi connectivity index (χ3v) is 4.09. The predicted molar refractivity (Wildman–Crippen MR) is 91.6 cm³/mol. The van der Waals surface area contributed by atoms with Gasteiger partial charge < -0.3 is 35.6 Å². The SMILES string of the molecule is O=C(O)c1[nH]c(C=NCO)c(-c2ccc(CO)c(CO)c2CO)c1CO. The fraction of sp³-hybridized carbons (Fsp3) is 0.294. The first kappa shape index (κ1) is 19.8. The summed E-state index contributed by atoms with van der Waals surface area (Å²) in [4.78, 5) is 17.8. The molecule has 140 valence electrons. The highest BCUT2D eigenvalue weighted by atomic mass is 16.4. The van der Waals surface area contributed by atoms with E-state index < -0.39 is 32.5 Å². The van der Waals surface area contributed by atoms with Gasteiger partial charge in [-0.1, -0.05) is 12.1 Å². The minimum atomic E-state index is -1.29. The Balaban J connectivity index is 2.86. The van der Waals surface area contributed by atoms with E-state index in [-0.39, 0.29) is 29.1 Å². The maximum Gasteiger partial charge on any atom is 0.352 e. The molecule has 0 bridgehead atoms. The van der Waals surface area contributed by atoms with Crippen molar-refractivity contribution in [3.63, 3.8) is 0 Å². The van der Waals surface area contributed by atoms with Crippen LogP contribution in [0.1, 0.15) is 38.4 Å². The van der Waals surface area contributed by atoms with Crippen LogP contribution in [0.5, 0.6) is 0 Å². The molecule has 0 atom stereocenters. The van der Waals surface area contributed by atoms with Crippen LogP contribution in [0.3, 0.4) is 0 Å². The van der Waals surface area contributed by atoms with Crippen LogP contribution in [0, 0.1) is 0 Å². The Kier molecular flexibility index (Phi) is 6.61. The number of benzene rings is 1. The molecule has 7 N–H and O–H groups in total. The standard InChI is InChI=1S/C17H20N2O7/c20-4-9-1-2-10(12(6-22)11(9)5-21)15-13(7-23)16(17(25)26)19-14(15)3-18-8-24/h1-3,19-24H,4-8H2,(H,25,26). The minimum absolute atomic E-state index is 0.0761. The highest BCUT2D eigenvalue weighted by Gasteiger charge is 2.24. The van der Waals surface area contributed by atoms with Crippen LogP contribution in [-0.2, 0) is 26.4 Å². The van der Waals surface area contributed by atoms with Gasteiger partial charge in [0.2, 0.25) is 0 Å².